The van der Waals surface area contributed by atoms with E-state index in [0.717, 1.165) is 51.0 Å². The maximum Gasteiger partial charge on any atom is 0.410 e. The van der Waals surface area contributed by atoms with Crippen LogP contribution in [0.25, 0.3) is 0 Å². The SMILES string of the molecule is CCNC(=NCC(C)(O)c1ccsc1)NCCC1CCCN(C(=O)OC(C)(C)C)C1.I. The van der Waals surface area contributed by atoms with E-state index in [1.54, 1.807) is 18.3 Å². The van der Waals surface area contributed by atoms with Gasteiger partial charge in [-0.2, -0.15) is 11.3 Å². The first kappa shape index (κ1) is 28.0. The average molecular weight is 567 g/mol. The number of halogens is 1. The maximum absolute atomic E-state index is 12.3. The molecule has 1 aliphatic rings. The van der Waals surface area contributed by atoms with Crippen LogP contribution >= 0.6 is 35.3 Å². The van der Waals surface area contributed by atoms with E-state index < -0.39 is 11.2 Å². The number of nitrogens with zero attached hydrogens (tertiary/aromatic N) is 2. The molecule has 2 atom stereocenters. The van der Waals surface area contributed by atoms with Crippen LogP contribution in [0.2, 0.25) is 0 Å². The van der Waals surface area contributed by atoms with Crippen molar-refractivity contribution in [2.45, 2.75) is 65.1 Å². The quantitative estimate of drug-likeness (QED) is 0.262. The van der Waals surface area contributed by atoms with Gasteiger partial charge < -0.3 is 25.4 Å². The molecule has 178 valence electrons. The van der Waals surface area contributed by atoms with Gasteiger partial charge in [0, 0.05) is 26.2 Å². The fourth-order valence-electron chi connectivity index (χ4n) is 3.42. The van der Waals surface area contributed by atoms with E-state index in [-0.39, 0.29) is 36.6 Å². The van der Waals surface area contributed by atoms with Gasteiger partial charge in [0.2, 0.25) is 0 Å². The minimum atomic E-state index is -0.986. The van der Waals surface area contributed by atoms with Gasteiger partial charge in [-0.1, -0.05) is 0 Å². The second kappa shape index (κ2) is 12.8. The van der Waals surface area contributed by atoms with Crippen LogP contribution in [0.15, 0.2) is 21.8 Å². The third-order valence-electron chi connectivity index (χ3n) is 5.05. The zero-order valence-corrected chi connectivity index (χ0v) is 22.6. The van der Waals surface area contributed by atoms with Crippen molar-refractivity contribution in [3.05, 3.63) is 22.4 Å². The van der Waals surface area contributed by atoms with Gasteiger partial charge >= 0.3 is 6.09 Å². The first-order chi connectivity index (χ1) is 14.1. The number of likely N-dealkylation sites (tertiary alicyclic amines) is 1. The van der Waals surface area contributed by atoms with Gasteiger partial charge in [0.1, 0.15) is 11.2 Å². The number of guanidine groups is 1. The molecule has 1 aliphatic heterocycles. The Kier molecular flexibility index (Phi) is 11.6. The van der Waals surface area contributed by atoms with Gasteiger partial charge in [-0.05, 0) is 82.2 Å². The number of aliphatic imine (C=N–C) groups is 1. The Morgan fingerprint density at radius 1 is 1.35 bits per heavy atom. The van der Waals surface area contributed by atoms with E-state index in [1.807, 2.05) is 49.4 Å². The van der Waals surface area contributed by atoms with Gasteiger partial charge in [-0.25, -0.2) is 9.79 Å². The lowest BCUT2D eigenvalue weighted by Gasteiger charge is -2.34. The highest BCUT2D eigenvalue weighted by Crippen LogP contribution is 2.23. The lowest BCUT2D eigenvalue weighted by molar-refractivity contribution is 0.0162. The van der Waals surface area contributed by atoms with Gasteiger partial charge in [0.15, 0.2) is 5.96 Å². The Labute approximate surface area is 208 Å². The molecule has 2 rings (SSSR count). The van der Waals surface area contributed by atoms with Crippen molar-refractivity contribution >= 4 is 47.4 Å². The third kappa shape index (κ3) is 9.95. The molecule has 1 fully saturated rings. The summed E-state index contributed by atoms with van der Waals surface area (Å²) in [4.78, 5) is 18.7. The average Bonchev–Trinajstić information content (AvgIpc) is 3.21. The fourth-order valence-corrected chi connectivity index (χ4v) is 4.21. The number of carbonyl (C=O) groups is 1. The van der Waals surface area contributed by atoms with Crippen molar-refractivity contribution in [3.8, 4) is 0 Å². The number of thiophene rings is 1. The second-order valence-electron chi connectivity index (χ2n) is 9.13. The molecule has 7 nitrogen and oxygen atoms in total. The minimum Gasteiger partial charge on any atom is -0.444 e. The molecule has 9 heteroatoms. The molecule has 0 bridgehead atoms. The molecule has 0 saturated carbocycles. The summed E-state index contributed by atoms with van der Waals surface area (Å²) in [5.41, 5.74) is -0.566. The molecule has 2 heterocycles. The summed E-state index contributed by atoms with van der Waals surface area (Å²) in [6.07, 6.45) is 2.85. The van der Waals surface area contributed by atoms with E-state index in [4.69, 9.17) is 4.74 Å². The van der Waals surface area contributed by atoms with Crippen LogP contribution in [0.4, 0.5) is 4.79 Å². The van der Waals surface area contributed by atoms with E-state index in [2.05, 4.69) is 15.6 Å². The summed E-state index contributed by atoms with van der Waals surface area (Å²) in [5.74, 6) is 1.14. The summed E-state index contributed by atoms with van der Waals surface area (Å²) in [5, 5.41) is 21.2. The fraction of sp³-hybridized carbons (Fsp3) is 0.727. The highest BCUT2D eigenvalue weighted by molar-refractivity contribution is 14.0. The number of nitrogens with one attached hydrogen (secondary N) is 2. The van der Waals surface area contributed by atoms with Crippen molar-refractivity contribution in [1.29, 1.82) is 0 Å². The molecule has 1 aromatic heterocycles. The Hall–Kier alpha value is -1.07. The predicted molar refractivity (Wildman–Crippen MR) is 138 cm³/mol. The highest BCUT2D eigenvalue weighted by Gasteiger charge is 2.27. The molecular weight excluding hydrogens is 527 g/mol. The zero-order chi connectivity index (χ0) is 22.2. The van der Waals surface area contributed by atoms with Crippen LogP contribution in [0.5, 0.6) is 0 Å². The number of amides is 1. The van der Waals surface area contributed by atoms with Crippen LogP contribution in [0, 0.1) is 5.92 Å². The van der Waals surface area contributed by atoms with E-state index in [1.165, 1.54) is 0 Å². The molecule has 31 heavy (non-hydrogen) atoms. The number of rotatable bonds is 7. The normalized spacial score (nSPS) is 19.2. The molecule has 0 aromatic carbocycles. The van der Waals surface area contributed by atoms with Crippen molar-refractivity contribution in [2.24, 2.45) is 10.9 Å². The Balaban J connectivity index is 0.00000480. The summed E-state index contributed by atoms with van der Waals surface area (Å²) < 4.78 is 5.51. The largest absolute Gasteiger partial charge is 0.444 e. The van der Waals surface area contributed by atoms with Crippen LogP contribution < -0.4 is 10.6 Å². The van der Waals surface area contributed by atoms with Gasteiger partial charge in [-0.15, -0.1) is 24.0 Å². The number of hydrogen-bond acceptors (Lipinski definition) is 5. The minimum absolute atomic E-state index is 0. The Morgan fingerprint density at radius 3 is 2.71 bits per heavy atom. The van der Waals surface area contributed by atoms with Gasteiger partial charge in [0.25, 0.3) is 0 Å². The molecule has 1 saturated heterocycles. The zero-order valence-electron chi connectivity index (χ0n) is 19.4. The van der Waals surface area contributed by atoms with Crippen LogP contribution in [0.3, 0.4) is 0 Å². The third-order valence-corrected chi connectivity index (χ3v) is 5.73. The smallest absolute Gasteiger partial charge is 0.410 e. The molecular formula is C22H39IN4O3S. The predicted octanol–water partition coefficient (Wildman–Crippen LogP) is 4.17. The molecule has 2 unspecified atom stereocenters. The molecule has 0 aliphatic carbocycles. The number of hydrogen-bond donors (Lipinski definition) is 3. The second-order valence-corrected chi connectivity index (χ2v) is 9.91. The standard InChI is InChI=1S/C22H38N4O3S.HI/c1-6-23-19(25-16-22(5,28)18-10-13-30-15-18)24-11-9-17-8-7-12-26(14-17)20(27)29-21(2,3)4;/h10,13,15,17,28H,6-9,11-12,14,16H2,1-5H3,(H2,23,24,25);1H. The number of aliphatic hydroxyl groups is 1. The molecule has 1 aromatic rings. The molecule has 0 radical (unpaired) electrons. The first-order valence-electron chi connectivity index (χ1n) is 10.9. The van der Waals surface area contributed by atoms with Crippen molar-refractivity contribution in [2.75, 3.05) is 32.7 Å². The van der Waals surface area contributed by atoms with Crippen LogP contribution in [-0.2, 0) is 10.3 Å². The Bertz CT molecular complexity index is 689. The summed E-state index contributed by atoms with van der Waals surface area (Å²) >= 11 is 1.57. The number of carbonyl (C=O) groups excluding carboxylic acids is 1. The van der Waals surface area contributed by atoms with Crippen LogP contribution in [0.1, 0.15) is 59.4 Å². The van der Waals surface area contributed by atoms with E-state index in [0.29, 0.717) is 11.9 Å². The molecule has 3 N–H and O–H groups in total. The van der Waals surface area contributed by atoms with Crippen molar-refractivity contribution < 1.29 is 14.6 Å². The van der Waals surface area contributed by atoms with Gasteiger partial charge in [0.05, 0.1) is 6.54 Å². The monoisotopic (exact) mass is 566 g/mol. The summed E-state index contributed by atoms with van der Waals surface area (Å²) in [7, 11) is 0. The van der Waals surface area contributed by atoms with Crippen LogP contribution in [-0.4, -0.2) is 60.4 Å². The number of ether oxygens (including phenoxy) is 1. The van der Waals surface area contributed by atoms with E-state index >= 15 is 0 Å². The lowest BCUT2D eigenvalue weighted by Crippen LogP contribution is -2.44. The summed E-state index contributed by atoms with van der Waals surface area (Å²) in [6.45, 7) is 12.8. The Morgan fingerprint density at radius 2 is 2.10 bits per heavy atom. The van der Waals surface area contributed by atoms with Crippen molar-refractivity contribution in [1.82, 2.24) is 15.5 Å². The topological polar surface area (TPSA) is 86.2 Å². The van der Waals surface area contributed by atoms with E-state index in [9.17, 15) is 9.90 Å². The first-order valence-corrected chi connectivity index (χ1v) is 11.8. The summed E-state index contributed by atoms with van der Waals surface area (Å²) in [6, 6.07) is 1.93. The molecule has 1 amide bonds. The lowest BCUT2D eigenvalue weighted by atomic mass is 9.95. The van der Waals surface area contributed by atoms with Crippen molar-refractivity contribution in [3.63, 3.8) is 0 Å². The van der Waals surface area contributed by atoms with Gasteiger partial charge in [-0.3, -0.25) is 0 Å². The maximum atomic E-state index is 12.3. The highest BCUT2D eigenvalue weighted by atomic mass is 127. The number of piperidine rings is 1. The molecule has 0 spiro atoms.